The standard InChI is InChI=1S/C31H34N2O4/c1-3-37-25-19-15-22(16-20-25)32-30(34)28-26-11-7-8-12-27(26)31(35)33(23-9-5-4-6-10-23)29(28)21-13-17-24(36-2)18-14-21/h7-8,11-20,23,28-29H,3-6,9-10H2,1-2H3,(H,32,34)/t28-,29-/m0/s1. The smallest absolute Gasteiger partial charge is 0.254 e. The lowest BCUT2D eigenvalue weighted by molar-refractivity contribution is -0.119. The minimum atomic E-state index is -0.559. The summed E-state index contributed by atoms with van der Waals surface area (Å²) >= 11 is 0. The van der Waals surface area contributed by atoms with Gasteiger partial charge in [0.25, 0.3) is 5.91 Å². The van der Waals surface area contributed by atoms with E-state index in [1.54, 1.807) is 7.11 Å². The van der Waals surface area contributed by atoms with Crippen molar-refractivity contribution in [3.05, 3.63) is 89.5 Å². The van der Waals surface area contributed by atoms with Gasteiger partial charge in [0.05, 0.1) is 25.7 Å². The van der Waals surface area contributed by atoms with Crippen LogP contribution in [-0.4, -0.2) is 36.5 Å². The Bertz CT molecular complexity index is 1230. The summed E-state index contributed by atoms with van der Waals surface area (Å²) in [4.78, 5) is 30.1. The predicted molar refractivity (Wildman–Crippen MR) is 144 cm³/mol. The summed E-state index contributed by atoms with van der Waals surface area (Å²) in [7, 11) is 1.64. The SMILES string of the molecule is CCOc1ccc(NC(=O)[C@H]2c3ccccc3C(=O)N(C3CCCCC3)[C@H]2c2ccc(OC)cc2)cc1. The fourth-order valence-electron chi connectivity index (χ4n) is 5.77. The number of fused-ring (bicyclic) bond motifs is 1. The topological polar surface area (TPSA) is 67.9 Å². The maximum absolute atomic E-state index is 14.1. The van der Waals surface area contributed by atoms with Crippen molar-refractivity contribution < 1.29 is 19.1 Å². The molecule has 1 aliphatic carbocycles. The van der Waals surface area contributed by atoms with Gasteiger partial charge in [0, 0.05) is 17.3 Å². The monoisotopic (exact) mass is 498 g/mol. The maximum Gasteiger partial charge on any atom is 0.254 e. The third-order valence-corrected chi connectivity index (χ3v) is 7.52. The summed E-state index contributed by atoms with van der Waals surface area (Å²) in [5.41, 5.74) is 3.01. The number of nitrogens with zero attached hydrogens (tertiary/aromatic N) is 1. The molecule has 0 bridgehead atoms. The first-order valence-corrected chi connectivity index (χ1v) is 13.2. The largest absolute Gasteiger partial charge is 0.497 e. The summed E-state index contributed by atoms with van der Waals surface area (Å²) in [6.07, 6.45) is 5.27. The van der Waals surface area contributed by atoms with Gasteiger partial charge in [0.1, 0.15) is 11.5 Å². The molecule has 0 radical (unpaired) electrons. The van der Waals surface area contributed by atoms with Crippen LogP contribution in [0.5, 0.6) is 11.5 Å². The van der Waals surface area contributed by atoms with Crippen molar-refractivity contribution in [1.82, 2.24) is 4.90 Å². The first-order chi connectivity index (χ1) is 18.1. The fraction of sp³-hybridized carbons (Fsp3) is 0.355. The average molecular weight is 499 g/mol. The van der Waals surface area contributed by atoms with Crippen molar-refractivity contribution in [2.75, 3.05) is 19.0 Å². The molecule has 3 aromatic carbocycles. The van der Waals surface area contributed by atoms with Crippen LogP contribution in [-0.2, 0) is 4.79 Å². The minimum Gasteiger partial charge on any atom is -0.497 e. The summed E-state index contributed by atoms with van der Waals surface area (Å²) < 4.78 is 10.9. The Morgan fingerprint density at radius 1 is 0.919 bits per heavy atom. The van der Waals surface area contributed by atoms with Gasteiger partial charge in [-0.2, -0.15) is 0 Å². The van der Waals surface area contributed by atoms with Crippen LogP contribution in [0, 0.1) is 0 Å². The van der Waals surface area contributed by atoms with Crippen LogP contribution in [0.15, 0.2) is 72.8 Å². The number of anilines is 1. The Morgan fingerprint density at radius 3 is 2.27 bits per heavy atom. The third-order valence-electron chi connectivity index (χ3n) is 7.52. The minimum absolute atomic E-state index is 0.00781. The summed E-state index contributed by atoms with van der Waals surface area (Å²) in [5.74, 6) is 0.814. The Kier molecular flexibility index (Phi) is 7.45. The van der Waals surface area contributed by atoms with E-state index in [9.17, 15) is 9.59 Å². The number of hydrogen-bond acceptors (Lipinski definition) is 4. The molecule has 1 fully saturated rings. The van der Waals surface area contributed by atoms with Crippen LogP contribution in [0.2, 0.25) is 0 Å². The first kappa shape index (κ1) is 24.9. The third kappa shape index (κ3) is 5.06. The second-order valence-electron chi connectivity index (χ2n) is 9.73. The number of rotatable bonds is 7. The van der Waals surface area contributed by atoms with Crippen LogP contribution in [0.3, 0.4) is 0 Å². The quantitative estimate of drug-likeness (QED) is 0.412. The van der Waals surface area contributed by atoms with Gasteiger partial charge in [-0.1, -0.05) is 49.6 Å². The van der Waals surface area contributed by atoms with E-state index in [4.69, 9.17) is 9.47 Å². The Balaban J connectivity index is 1.58. The molecule has 1 N–H and O–H groups in total. The first-order valence-electron chi connectivity index (χ1n) is 13.2. The highest BCUT2D eigenvalue weighted by Gasteiger charge is 2.46. The van der Waals surface area contributed by atoms with Gasteiger partial charge in [-0.15, -0.1) is 0 Å². The number of hydrogen-bond donors (Lipinski definition) is 1. The summed E-state index contributed by atoms with van der Waals surface area (Å²) in [5, 5.41) is 3.13. The van der Waals surface area contributed by atoms with Gasteiger partial charge in [-0.25, -0.2) is 0 Å². The Hall–Kier alpha value is -3.80. The van der Waals surface area contributed by atoms with Crippen molar-refractivity contribution in [2.45, 2.75) is 57.0 Å². The van der Waals surface area contributed by atoms with Gasteiger partial charge in [-0.05, 0) is 73.4 Å². The normalized spacial score (nSPS) is 19.7. The number of nitrogens with one attached hydrogen (secondary N) is 1. The van der Waals surface area contributed by atoms with Gasteiger partial charge in [-0.3, -0.25) is 9.59 Å². The molecule has 5 rings (SSSR count). The van der Waals surface area contributed by atoms with Crippen molar-refractivity contribution >= 4 is 17.5 Å². The summed E-state index contributed by atoms with van der Waals surface area (Å²) in [6.45, 7) is 2.52. The van der Waals surface area contributed by atoms with Crippen LogP contribution < -0.4 is 14.8 Å². The molecule has 2 aliphatic rings. The van der Waals surface area contributed by atoms with E-state index in [1.807, 2.05) is 84.6 Å². The molecule has 1 saturated carbocycles. The number of methoxy groups -OCH3 is 1. The molecule has 37 heavy (non-hydrogen) atoms. The molecule has 1 heterocycles. The molecule has 2 atom stereocenters. The number of amides is 2. The zero-order chi connectivity index (χ0) is 25.8. The van der Waals surface area contributed by atoms with Crippen LogP contribution in [0.25, 0.3) is 0 Å². The zero-order valence-corrected chi connectivity index (χ0v) is 21.5. The number of ether oxygens (including phenoxy) is 2. The molecule has 1 aliphatic heterocycles. The summed E-state index contributed by atoms with van der Waals surface area (Å²) in [6, 6.07) is 22.4. The van der Waals surface area contributed by atoms with E-state index in [-0.39, 0.29) is 17.9 Å². The molecule has 3 aromatic rings. The van der Waals surface area contributed by atoms with E-state index in [0.29, 0.717) is 17.9 Å². The second-order valence-corrected chi connectivity index (χ2v) is 9.73. The van der Waals surface area contributed by atoms with Crippen molar-refractivity contribution in [3.8, 4) is 11.5 Å². The lowest BCUT2D eigenvalue weighted by Gasteiger charge is -2.46. The zero-order valence-electron chi connectivity index (χ0n) is 21.5. The van der Waals surface area contributed by atoms with E-state index < -0.39 is 12.0 Å². The molecule has 6 nitrogen and oxygen atoms in total. The second kappa shape index (κ2) is 11.1. The van der Waals surface area contributed by atoms with Crippen molar-refractivity contribution in [1.29, 1.82) is 0 Å². The fourth-order valence-corrected chi connectivity index (χ4v) is 5.77. The van der Waals surface area contributed by atoms with Gasteiger partial charge in [0.15, 0.2) is 0 Å². The van der Waals surface area contributed by atoms with Gasteiger partial charge in [0.2, 0.25) is 5.91 Å². The van der Waals surface area contributed by atoms with E-state index in [0.717, 1.165) is 48.3 Å². The lowest BCUT2D eigenvalue weighted by Crippen LogP contribution is -2.51. The van der Waals surface area contributed by atoms with Crippen molar-refractivity contribution in [3.63, 3.8) is 0 Å². The average Bonchev–Trinajstić information content (AvgIpc) is 2.94. The van der Waals surface area contributed by atoms with Gasteiger partial charge < -0.3 is 19.7 Å². The highest BCUT2D eigenvalue weighted by atomic mass is 16.5. The van der Waals surface area contributed by atoms with E-state index in [1.165, 1.54) is 6.42 Å². The van der Waals surface area contributed by atoms with Crippen LogP contribution >= 0.6 is 0 Å². The highest BCUT2D eigenvalue weighted by Crippen LogP contribution is 2.46. The molecular weight excluding hydrogens is 464 g/mol. The molecule has 2 amide bonds. The number of carbonyl (C=O) groups excluding carboxylic acids is 2. The molecule has 0 spiro atoms. The molecule has 0 saturated heterocycles. The Morgan fingerprint density at radius 2 is 1.59 bits per heavy atom. The van der Waals surface area contributed by atoms with Gasteiger partial charge >= 0.3 is 0 Å². The molecule has 6 heteroatoms. The maximum atomic E-state index is 14.1. The number of carbonyl (C=O) groups is 2. The molecular formula is C31H34N2O4. The van der Waals surface area contributed by atoms with Crippen molar-refractivity contribution in [2.24, 2.45) is 0 Å². The molecule has 0 aromatic heterocycles. The van der Waals surface area contributed by atoms with Crippen LogP contribution in [0.1, 0.15) is 72.5 Å². The van der Waals surface area contributed by atoms with E-state index in [2.05, 4.69) is 5.32 Å². The van der Waals surface area contributed by atoms with E-state index >= 15 is 0 Å². The number of benzene rings is 3. The molecule has 0 unspecified atom stereocenters. The Labute approximate surface area is 218 Å². The predicted octanol–water partition coefficient (Wildman–Crippen LogP) is 6.35. The van der Waals surface area contributed by atoms with Crippen LogP contribution in [0.4, 0.5) is 5.69 Å². The molecule has 192 valence electrons. The highest BCUT2D eigenvalue weighted by molar-refractivity contribution is 6.04. The lowest BCUT2D eigenvalue weighted by atomic mass is 9.77.